The highest BCUT2D eigenvalue weighted by Gasteiger charge is 2.19. The number of rotatable bonds is 4. The second-order valence-electron chi connectivity index (χ2n) is 3.72. The number of hydrogen-bond donors (Lipinski definition) is 1. The van der Waals surface area contributed by atoms with Crippen molar-refractivity contribution in [2.45, 2.75) is 12.7 Å². The number of phenols is 1. The van der Waals surface area contributed by atoms with Crippen LogP contribution in [0.5, 0.6) is 17.2 Å². The number of ether oxygens (including phenoxy) is 4. The van der Waals surface area contributed by atoms with Crippen molar-refractivity contribution in [2.24, 2.45) is 0 Å². The molecule has 1 aromatic carbocycles. The first-order valence-electron chi connectivity index (χ1n) is 5.41. The molecule has 0 bridgehead atoms. The molecule has 5 heteroatoms. The fourth-order valence-electron chi connectivity index (χ4n) is 1.78. The second kappa shape index (κ2) is 5.25. The third-order valence-electron chi connectivity index (χ3n) is 2.63. The molecule has 1 N–H and O–H groups in total. The molecule has 1 fully saturated rings. The average Bonchev–Trinajstić information content (AvgIpc) is 2.84. The zero-order chi connectivity index (χ0) is 12.3. The molecule has 0 amide bonds. The SMILES string of the molecule is COc1cc(CC2OCCO2)cc(OC)c1O. The van der Waals surface area contributed by atoms with Crippen LogP contribution in [-0.4, -0.2) is 38.8 Å². The average molecular weight is 240 g/mol. The standard InChI is InChI=1S/C12H16O5/c1-14-9-5-8(6-10(15-2)12(9)13)7-11-16-3-4-17-11/h5-6,11,13H,3-4,7H2,1-2H3. The van der Waals surface area contributed by atoms with E-state index in [0.29, 0.717) is 31.1 Å². The van der Waals surface area contributed by atoms with E-state index in [9.17, 15) is 5.11 Å². The molecule has 1 heterocycles. The summed E-state index contributed by atoms with van der Waals surface area (Å²) >= 11 is 0. The summed E-state index contributed by atoms with van der Waals surface area (Å²) in [5.74, 6) is 0.779. The van der Waals surface area contributed by atoms with Crippen molar-refractivity contribution in [1.82, 2.24) is 0 Å². The van der Waals surface area contributed by atoms with Gasteiger partial charge in [-0.05, 0) is 17.7 Å². The van der Waals surface area contributed by atoms with Crippen LogP contribution in [0.1, 0.15) is 5.56 Å². The van der Waals surface area contributed by atoms with E-state index in [-0.39, 0.29) is 12.0 Å². The van der Waals surface area contributed by atoms with Gasteiger partial charge in [0.05, 0.1) is 27.4 Å². The summed E-state index contributed by atoms with van der Waals surface area (Å²) < 4.78 is 20.9. The molecule has 17 heavy (non-hydrogen) atoms. The van der Waals surface area contributed by atoms with E-state index in [1.165, 1.54) is 14.2 Å². The third-order valence-corrected chi connectivity index (χ3v) is 2.63. The maximum absolute atomic E-state index is 9.76. The molecule has 0 unspecified atom stereocenters. The van der Waals surface area contributed by atoms with E-state index in [1.807, 2.05) is 0 Å². The fraction of sp³-hybridized carbons (Fsp3) is 0.500. The summed E-state index contributed by atoms with van der Waals surface area (Å²) in [6.07, 6.45) is 0.376. The predicted molar refractivity (Wildman–Crippen MR) is 60.6 cm³/mol. The summed E-state index contributed by atoms with van der Waals surface area (Å²) in [5, 5.41) is 9.76. The molecule has 1 aliphatic heterocycles. The molecule has 2 rings (SSSR count). The van der Waals surface area contributed by atoms with Crippen molar-refractivity contribution in [3.8, 4) is 17.2 Å². The van der Waals surface area contributed by atoms with Crippen molar-refractivity contribution in [2.75, 3.05) is 27.4 Å². The van der Waals surface area contributed by atoms with E-state index < -0.39 is 0 Å². The molecule has 0 aliphatic carbocycles. The Morgan fingerprint density at radius 1 is 1.18 bits per heavy atom. The summed E-state index contributed by atoms with van der Waals surface area (Å²) in [6, 6.07) is 3.51. The first-order valence-corrected chi connectivity index (χ1v) is 5.41. The van der Waals surface area contributed by atoms with E-state index in [2.05, 4.69) is 0 Å². The zero-order valence-corrected chi connectivity index (χ0v) is 9.93. The minimum atomic E-state index is -0.228. The minimum Gasteiger partial charge on any atom is -0.502 e. The normalized spacial score (nSPS) is 16.1. The van der Waals surface area contributed by atoms with Gasteiger partial charge in [-0.15, -0.1) is 0 Å². The lowest BCUT2D eigenvalue weighted by molar-refractivity contribution is -0.0400. The van der Waals surface area contributed by atoms with Gasteiger partial charge >= 0.3 is 0 Å². The van der Waals surface area contributed by atoms with Crippen LogP contribution in [-0.2, 0) is 15.9 Å². The molecule has 0 saturated carbocycles. The molecule has 5 nitrogen and oxygen atoms in total. The van der Waals surface area contributed by atoms with Gasteiger partial charge in [-0.25, -0.2) is 0 Å². The number of benzene rings is 1. The molecule has 1 aromatic rings. The first kappa shape index (κ1) is 12.0. The van der Waals surface area contributed by atoms with Gasteiger partial charge in [0.2, 0.25) is 5.75 Å². The highest BCUT2D eigenvalue weighted by molar-refractivity contribution is 5.52. The van der Waals surface area contributed by atoms with Gasteiger partial charge < -0.3 is 24.1 Å². The van der Waals surface area contributed by atoms with Crippen LogP contribution in [0.15, 0.2) is 12.1 Å². The van der Waals surface area contributed by atoms with Crippen LogP contribution >= 0.6 is 0 Å². The topological polar surface area (TPSA) is 57.2 Å². The van der Waals surface area contributed by atoms with Crippen LogP contribution in [0.3, 0.4) is 0 Å². The quantitative estimate of drug-likeness (QED) is 0.860. The molecule has 1 saturated heterocycles. The van der Waals surface area contributed by atoms with Crippen molar-refractivity contribution in [3.05, 3.63) is 17.7 Å². The van der Waals surface area contributed by atoms with E-state index in [0.717, 1.165) is 5.56 Å². The Hall–Kier alpha value is -1.46. The van der Waals surface area contributed by atoms with Crippen LogP contribution in [0, 0.1) is 0 Å². The molecule has 1 aliphatic rings. The Labute approximate surface area is 99.9 Å². The monoisotopic (exact) mass is 240 g/mol. The van der Waals surface area contributed by atoms with E-state index >= 15 is 0 Å². The smallest absolute Gasteiger partial charge is 0.200 e. The molecular formula is C12H16O5. The molecule has 0 radical (unpaired) electrons. The van der Waals surface area contributed by atoms with Gasteiger partial charge in [0.15, 0.2) is 17.8 Å². The van der Waals surface area contributed by atoms with Gasteiger partial charge in [-0.1, -0.05) is 0 Å². The van der Waals surface area contributed by atoms with Crippen LogP contribution < -0.4 is 9.47 Å². The Bertz CT molecular complexity index is 359. The zero-order valence-electron chi connectivity index (χ0n) is 9.93. The Morgan fingerprint density at radius 3 is 2.18 bits per heavy atom. The lowest BCUT2D eigenvalue weighted by Crippen LogP contribution is -2.11. The van der Waals surface area contributed by atoms with E-state index in [1.54, 1.807) is 12.1 Å². The second-order valence-corrected chi connectivity index (χ2v) is 3.72. The lowest BCUT2D eigenvalue weighted by atomic mass is 10.1. The molecular weight excluding hydrogens is 224 g/mol. The number of methoxy groups -OCH3 is 2. The van der Waals surface area contributed by atoms with Gasteiger partial charge in [-0.2, -0.15) is 0 Å². The van der Waals surface area contributed by atoms with E-state index in [4.69, 9.17) is 18.9 Å². The highest BCUT2D eigenvalue weighted by atomic mass is 16.7. The number of phenolic OH excluding ortho intramolecular Hbond substituents is 1. The molecule has 94 valence electrons. The predicted octanol–water partition coefficient (Wildman–Crippen LogP) is 1.32. The van der Waals surface area contributed by atoms with Crippen LogP contribution in [0.2, 0.25) is 0 Å². The Morgan fingerprint density at radius 2 is 1.71 bits per heavy atom. The summed E-state index contributed by atoms with van der Waals surface area (Å²) in [4.78, 5) is 0. The summed E-state index contributed by atoms with van der Waals surface area (Å²) in [5.41, 5.74) is 0.934. The van der Waals surface area contributed by atoms with Crippen molar-refractivity contribution >= 4 is 0 Å². The van der Waals surface area contributed by atoms with Gasteiger partial charge in [0.1, 0.15) is 0 Å². The van der Waals surface area contributed by atoms with Crippen molar-refractivity contribution < 1.29 is 24.1 Å². The fourth-order valence-corrected chi connectivity index (χ4v) is 1.78. The van der Waals surface area contributed by atoms with Gasteiger partial charge in [-0.3, -0.25) is 0 Å². The highest BCUT2D eigenvalue weighted by Crippen LogP contribution is 2.37. The maximum atomic E-state index is 9.76. The molecule has 0 spiro atoms. The largest absolute Gasteiger partial charge is 0.502 e. The Kier molecular flexibility index (Phi) is 3.71. The molecule has 0 aromatic heterocycles. The van der Waals surface area contributed by atoms with Crippen molar-refractivity contribution in [1.29, 1.82) is 0 Å². The number of hydrogen-bond acceptors (Lipinski definition) is 5. The summed E-state index contributed by atoms with van der Waals surface area (Å²) in [6.45, 7) is 1.24. The van der Waals surface area contributed by atoms with Gasteiger partial charge in [0, 0.05) is 6.42 Å². The maximum Gasteiger partial charge on any atom is 0.200 e. The summed E-state index contributed by atoms with van der Waals surface area (Å²) in [7, 11) is 3.00. The molecule has 0 atom stereocenters. The van der Waals surface area contributed by atoms with Crippen molar-refractivity contribution in [3.63, 3.8) is 0 Å². The first-order chi connectivity index (χ1) is 8.24. The van der Waals surface area contributed by atoms with Gasteiger partial charge in [0.25, 0.3) is 0 Å². The van der Waals surface area contributed by atoms with Crippen LogP contribution in [0.25, 0.3) is 0 Å². The number of aromatic hydroxyl groups is 1. The lowest BCUT2D eigenvalue weighted by Gasteiger charge is -2.13. The third kappa shape index (κ3) is 2.62. The Balaban J connectivity index is 2.21. The van der Waals surface area contributed by atoms with Crippen LogP contribution in [0.4, 0.5) is 0 Å². The minimum absolute atomic E-state index is 0.00649.